The highest BCUT2D eigenvalue weighted by atomic mass is 16.6. The molecule has 2 unspecified atom stereocenters. The van der Waals surface area contributed by atoms with E-state index >= 15 is 0 Å². The molecule has 1 fully saturated rings. The van der Waals surface area contributed by atoms with Crippen LogP contribution in [0.25, 0.3) is 0 Å². The van der Waals surface area contributed by atoms with Crippen LogP contribution in [0.1, 0.15) is 169 Å². The topological polar surface area (TPSA) is 474 Å². The molecule has 0 aromatic heterocycles. The van der Waals surface area contributed by atoms with Crippen molar-refractivity contribution < 1.29 is 148 Å². The van der Waals surface area contributed by atoms with Crippen molar-refractivity contribution in [3.05, 3.63) is 201 Å². The highest BCUT2D eigenvalue weighted by Crippen LogP contribution is 2.29. The van der Waals surface area contributed by atoms with Gasteiger partial charge in [0.15, 0.2) is 0 Å². The number of hydrogen-bond acceptors (Lipinski definition) is 34. The Hall–Kier alpha value is -12.1. The van der Waals surface area contributed by atoms with E-state index in [1.165, 1.54) is 82.4 Å². The van der Waals surface area contributed by atoms with Crippen LogP contribution in [-0.4, -0.2) is 222 Å². The van der Waals surface area contributed by atoms with Crippen LogP contribution in [0, 0.1) is 17.8 Å². The van der Waals surface area contributed by atoms with Crippen LogP contribution in [0.3, 0.4) is 0 Å². The number of ether oxygens (including phenoxy) is 17. The lowest BCUT2D eigenvalue weighted by Gasteiger charge is -2.27. The summed E-state index contributed by atoms with van der Waals surface area (Å²) in [5.74, 6) is -4.25. The number of esters is 14. The number of unbranched alkanes of at least 4 members (excludes halogenated alkanes) is 9. The lowest BCUT2D eigenvalue weighted by Crippen LogP contribution is -2.23. The van der Waals surface area contributed by atoms with E-state index in [0.717, 1.165) is 150 Å². The van der Waals surface area contributed by atoms with Gasteiger partial charge in [0.25, 0.3) is 0 Å². The van der Waals surface area contributed by atoms with Gasteiger partial charge in [-0.25, -0.2) is 67.1 Å². The van der Waals surface area contributed by atoms with Crippen molar-refractivity contribution in [2.75, 3.05) is 132 Å². The molecule has 1 aliphatic rings. The minimum Gasteiger partial charge on any atom is -0.463 e. The molecule has 2 rings (SSSR count). The Kier molecular flexibility index (Phi) is 110. The fraction of sp³-hybridized carbons (Fsp3) is 0.510. The summed E-state index contributed by atoms with van der Waals surface area (Å²) in [7, 11) is 0. The monoisotopic (exact) mass is 1870 g/mol. The Bertz CT molecular complexity index is 3220. The summed E-state index contributed by atoms with van der Waals surface area (Å²) in [5, 5.41) is 0. The maximum Gasteiger partial charge on any atom is 0.335 e. The standard InChI is InChI=1S/C14H20O4.C12H18O6.C12H10O4.C12H18O4.C10H14O5.2C10H14O4.C8H19N.C6H15N.C4H11N/c1-3-13(15)17-9-11-5-7-12(8-6-11)10-18-14(16)4-2;1-3-11(13)17-9-7-15-5-6-16-8-10-18-12(14)4-2;1-3-11(13)15-9-6-5-7-10(8-9)16-12(14)4-2;1-3-11(13)15-9-7-5-6-8-10-16-12(14)4-2;1-3-9(11)14-7-5-13-6-8-15-10(12)4-2;1-4-9(11)13-7-6-8(3)14-10(12)5-2;1-3-9(11)13-7-5-6-8-14-10(12)4-2;1-3-5-6-8(4-2)7-9;1-2-3-4-5-6-7;1-2-3-4-5/h3-4,11-12H,1-2,5-10H2;3-4H,1-2,5-10H2;3-8H,1-2H2;3-4H,1-2,5-10H2;3-4H,1-2,5-8H2;4-5,8H,1-2,6-7H2,3H3;3-4H,1-2,5-8H2;8H,3-7,9H2,1-2H3;2-7H2,1H3;2-5H2,1H3. The first-order valence-electron chi connectivity index (χ1n) is 43.6. The Morgan fingerprint density at radius 3 is 0.818 bits per heavy atom. The van der Waals surface area contributed by atoms with Crippen molar-refractivity contribution in [3.8, 4) is 11.5 Å². The Morgan fingerprint density at radius 2 is 0.561 bits per heavy atom. The van der Waals surface area contributed by atoms with E-state index in [1.54, 1.807) is 25.1 Å². The second kappa shape index (κ2) is 108. The quantitative estimate of drug-likeness (QED) is 0.0179. The Balaban J connectivity index is -0.000000219. The number of carbonyl (C=O) groups excluding carboxylic acids is 14. The molecule has 2 atom stereocenters. The molecule has 0 saturated heterocycles. The molecule has 1 aromatic rings. The number of benzene rings is 1. The number of nitrogens with two attached hydrogens (primary N) is 3. The van der Waals surface area contributed by atoms with E-state index in [0.29, 0.717) is 97.2 Å². The summed E-state index contributed by atoms with van der Waals surface area (Å²) in [6.45, 7) is 64.0. The summed E-state index contributed by atoms with van der Waals surface area (Å²) in [4.78, 5) is 150. The third kappa shape index (κ3) is 110. The van der Waals surface area contributed by atoms with E-state index in [-0.39, 0.29) is 87.7 Å². The largest absolute Gasteiger partial charge is 0.463 e. The van der Waals surface area contributed by atoms with E-state index < -0.39 is 59.7 Å². The van der Waals surface area contributed by atoms with Crippen molar-refractivity contribution >= 4 is 83.6 Å². The van der Waals surface area contributed by atoms with Gasteiger partial charge in [0.2, 0.25) is 0 Å². The molecule has 0 aliphatic heterocycles. The minimum atomic E-state index is -0.577. The van der Waals surface area contributed by atoms with Crippen molar-refractivity contribution in [2.24, 2.45) is 35.0 Å². The summed E-state index contributed by atoms with van der Waals surface area (Å²) in [6, 6.07) is 6.14. The van der Waals surface area contributed by atoms with Gasteiger partial charge in [-0.15, -0.1) is 0 Å². The molecule has 746 valence electrons. The highest BCUT2D eigenvalue weighted by molar-refractivity contribution is 5.86. The average molecular weight is 1870 g/mol. The fourth-order valence-corrected chi connectivity index (χ4v) is 8.60. The summed E-state index contributed by atoms with van der Waals surface area (Å²) < 4.78 is 82.2. The fourth-order valence-electron chi connectivity index (χ4n) is 8.60. The molecule has 0 heterocycles. The van der Waals surface area contributed by atoms with Crippen LogP contribution in [0.15, 0.2) is 201 Å². The SMILES string of the molecule is C=CC(=O)OCC1CCC(COC(=O)C=C)CC1.C=CC(=O)OCCC(C)OC(=O)C=C.C=CC(=O)OCCCCCCOC(=O)C=C.C=CC(=O)OCCCCOC(=O)C=C.C=CC(=O)OCCOCCOC(=O)C=C.C=CC(=O)OCCOCCOCCOC(=O)C=C.C=CC(=O)Oc1cccc(OC(=O)C=C)c1.CCCCC(CC)CN.CCCCCCN.CCCCN. The molecule has 1 aromatic carbocycles. The van der Waals surface area contributed by atoms with Crippen molar-refractivity contribution in [1.29, 1.82) is 0 Å². The predicted octanol–water partition coefficient (Wildman–Crippen LogP) is 13.9. The number of carbonyl (C=O) groups is 14. The maximum absolute atomic E-state index is 10.9. The van der Waals surface area contributed by atoms with Crippen LogP contribution in [-0.2, 0) is 138 Å². The van der Waals surface area contributed by atoms with Gasteiger partial charge in [-0.05, 0) is 140 Å². The van der Waals surface area contributed by atoms with Gasteiger partial charge < -0.3 is 97.7 Å². The third-order valence-corrected chi connectivity index (χ3v) is 15.9. The normalized spacial score (nSPS) is 11.5. The van der Waals surface area contributed by atoms with E-state index in [4.69, 9.17) is 78.8 Å². The summed E-state index contributed by atoms with van der Waals surface area (Å²) in [5.41, 5.74) is 15.9. The average Bonchev–Trinajstić information content (AvgIpc) is 0.908. The van der Waals surface area contributed by atoms with Gasteiger partial charge in [-0.1, -0.05) is 171 Å². The molecule has 34 heteroatoms. The zero-order valence-corrected chi connectivity index (χ0v) is 79.0. The van der Waals surface area contributed by atoms with Gasteiger partial charge in [0, 0.05) is 97.6 Å². The molecule has 0 amide bonds. The second-order valence-corrected chi connectivity index (χ2v) is 26.5. The predicted molar refractivity (Wildman–Crippen MR) is 506 cm³/mol. The molecule has 132 heavy (non-hydrogen) atoms. The second-order valence-electron chi connectivity index (χ2n) is 26.5. The van der Waals surface area contributed by atoms with Crippen LogP contribution >= 0.6 is 0 Å². The minimum absolute atomic E-state index is 0.153. The highest BCUT2D eigenvalue weighted by Gasteiger charge is 2.23. The molecule has 1 aliphatic carbocycles. The molecule has 0 bridgehead atoms. The van der Waals surface area contributed by atoms with Crippen LogP contribution in [0.4, 0.5) is 0 Å². The lowest BCUT2D eigenvalue weighted by molar-refractivity contribution is -0.145. The molecular weight excluding hydrogens is 1720 g/mol. The lowest BCUT2D eigenvalue weighted by atomic mass is 9.83. The number of hydrogen-bond donors (Lipinski definition) is 3. The third-order valence-electron chi connectivity index (χ3n) is 15.9. The molecule has 1 saturated carbocycles. The van der Waals surface area contributed by atoms with E-state index in [9.17, 15) is 67.1 Å². The molecule has 0 radical (unpaired) electrons. The number of rotatable bonds is 62. The first-order chi connectivity index (χ1) is 63.4. The van der Waals surface area contributed by atoms with Gasteiger partial charge in [-0.2, -0.15) is 0 Å². The smallest absolute Gasteiger partial charge is 0.335 e. The van der Waals surface area contributed by atoms with E-state index in [1.807, 2.05) is 0 Å². The van der Waals surface area contributed by atoms with Gasteiger partial charge in [-0.3, -0.25) is 0 Å². The molecule has 0 spiro atoms. The van der Waals surface area contributed by atoms with Crippen LogP contribution < -0.4 is 26.7 Å². The zero-order valence-electron chi connectivity index (χ0n) is 79.0. The summed E-state index contributed by atoms with van der Waals surface area (Å²) in [6.07, 6.45) is 37.2. The van der Waals surface area contributed by atoms with Gasteiger partial charge in [0.1, 0.15) is 44.0 Å². The molecule has 6 N–H and O–H groups in total. The summed E-state index contributed by atoms with van der Waals surface area (Å²) >= 11 is 0. The van der Waals surface area contributed by atoms with Crippen molar-refractivity contribution in [1.82, 2.24) is 0 Å². The zero-order chi connectivity index (χ0) is 101. The van der Waals surface area contributed by atoms with Crippen molar-refractivity contribution in [3.63, 3.8) is 0 Å². The van der Waals surface area contributed by atoms with Crippen LogP contribution in [0.2, 0.25) is 0 Å². The van der Waals surface area contributed by atoms with Crippen molar-refractivity contribution in [2.45, 2.75) is 176 Å². The van der Waals surface area contributed by atoms with Crippen LogP contribution in [0.5, 0.6) is 11.5 Å². The first kappa shape index (κ1) is 135. The Labute approximate surface area is 783 Å². The van der Waals surface area contributed by atoms with Gasteiger partial charge >= 0.3 is 83.6 Å². The van der Waals surface area contributed by atoms with Gasteiger partial charge in [0.05, 0.1) is 85.9 Å². The Morgan fingerprint density at radius 1 is 0.303 bits per heavy atom. The molecular formula is C98H153N3O31. The maximum atomic E-state index is 10.9. The van der Waals surface area contributed by atoms with E-state index in [2.05, 4.69) is 139 Å². The molecule has 34 nitrogen and oxygen atoms in total. The first-order valence-corrected chi connectivity index (χ1v) is 43.6.